The topological polar surface area (TPSA) is 40.5 Å². The lowest BCUT2D eigenvalue weighted by Crippen LogP contribution is -2.14. The summed E-state index contributed by atoms with van der Waals surface area (Å²) in [6.45, 7) is 2.01. The van der Waals surface area contributed by atoms with Crippen LogP contribution in [-0.2, 0) is 0 Å². The van der Waals surface area contributed by atoms with Gasteiger partial charge in [-0.2, -0.15) is 0 Å². The molecule has 0 aliphatic carbocycles. The van der Waals surface area contributed by atoms with Gasteiger partial charge in [0.15, 0.2) is 0 Å². The van der Waals surface area contributed by atoms with Crippen LogP contribution in [0.3, 0.4) is 0 Å². The summed E-state index contributed by atoms with van der Waals surface area (Å²) in [5, 5.41) is 9.52. The van der Waals surface area contributed by atoms with E-state index in [9.17, 15) is 9.90 Å². The largest absolute Gasteiger partial charge is 0.478 e. The summed E-state index contributed by atoms with van der Waals surface area (Å²) in [4.78, 5) is 13.1. The summed E-state index contributed by atoms with van der Waals surface area (Å²) in [6, 6.07) is 12.9. The molecule has 0 aliphatic rings. The lowest BCUT2D eigenvalue weighted by molar-refractivity contribution is 0.0698. The summed E-state index contributed by atoms with van der Waals surface area (Å²) in [5.74, 6) is -1.03. The van der Waals surface area contributed by atoms with Crippen LogP contribution in [0.4, 0.5) is 11.4 Å². The van der Waals surface area contributed by atoms with Crippen LogP contribution in [0.5, 0.6) is 0 Å². The fourth-order valence-electron chi connectivity index (χ4n) is 1.91. The van der Waals surface area contributed by atoms with Gasteiger partial charge in [-0.1, -0.05) is 35.4 Å². The molecule has 2 aromatic carbocycles. The Hall–Kier alpha value is -2.00. The minimum atomic E-state index is -1.03. The van der Waals surface area contributed by atoms with Crippen LogP contribution in [0.1, 0.15) is 15.9 Å². The second kappa shape index (κ2) is 5.33. The van der Waals surface area contributed by atoms with Gasteiger partial charge >= 0.3 is 5.97 Å². The van der Waals surface area contributed by atoms with Crippen molar-refractivity contribution < 1.29 is 9.90 Å². The molecule has 19 heavy (non-hydrogen) atoms. The molecular weight excluding hydrogens is 262 g/mol. The van der Waals surface area contributed by atoms with Crippen molar-refractivity contribution in [2.45, 2.75) is 6.92 Å². The summed E-state index contributed by atoms with van der Waals surface area (Å²) in [6.07, 6.45) is 0. The number of hydrogen-bond acceptors (Lipinski definition) is 2. The van der Waals surface area contributed by atoms with E-state index < -0.39 is 5.97 Å². The van der Waals surface area contributed by atoms with Crippen LogP contribution in [0.15, 0.2) is 42.5 Å². The van der Waals surface area contributed by atoms with Gasteiger partial charge in [0, 0.05) is 12.7 Å². The van der Waals surface area contributed by atoms with Crippen molar-refractivity contribution in [3.05, 3.63) is 58.6 Å². The highest BCUT2D eigenvalue weighted by Gasteiger charge is 2.17. The quantitative estimate of drug-likeness (QED) is 0.916. The number of aryl methyl sites for hydroxylation is 1. The molecule has 0 bridgehead atoms. The number of rotatable bonds is 3. The van der Waals surface area contributed by atoms with Crippen LogP contribution in [0, 0.1) is 6.92 Å². The van der Waals surface area contributed by atoms with Crippen molar-refractivity contribution in [1.82, 2.24) is 0 Å². The van der Waals surface area contributed by atoms with Gasteiger partial charge in [0.2, 0.25) is 0 Å². The van der Waals surface area contributed by atoms with Crippen molar-refractivity contribution in [1.29, 1.82) is 0 Å². The van der Waals surface area contributed by atoms with E-state index in [2.05, 4.69) is 0 Å². The van der Waals surface area contributed by atoms with Gasteiger partial charge < -0.3 is 10.0 Å². The number of aromatic carboxylic acids is 1. The van der Waals surface area contributed by atoms with Crippen molar-refractivity contribution >= 4 is 28.9 Å². The Labute approximate surface area is 117 Å². The molecular formula is C15H14ClNO2. The third kappa shape index (κ3) is 2.71. The Morgan fingerprint density at radius 3 is 2.37 bits per heavy atom. The lowest BCUT2D eigenvalue weighted by atomic mass is 10.1. The number of carboxylic acid groups (broad SMARTS) is 1. The smallest absolute Gasteiger partial charge is 0.339 e. The molecule has 0 spiro atoms. The average molecular weight is 276 g/mol. The first-order valence-corrected chi connectivity index (χ1v) is 6.20. The molecule has 2 rings (SSSR count). The molecule has 0 aliphatic heterocycles. The molecule has 1 N–H and O–H groups in total. The predicted octanol–water partition coefficient (Wildman–Crippen LogP) is 4.11. The second-order valence-corrected chi connectivity index (χ2v) is 4.74. The number of carbonyl (C=O) groups is 1. The highest BCUT2D eigenvalue weighted by Crippen LogP contribution is 2.31. The van der Waals surface area contributed by atoms with Crippen molar-refractivity contribution in [2.75, 3.05) is 11.9 Å². The molecule has 0 heterocycles. The maximum atomic E-state index is 11.3. The summed E-state index contributed by atoms with van der Waals surface area (Å²) in [5.41, 5.74) is 2.76. The maximum Gasteiger partial charge on any atom is 0.339 e. The Kier molecular flexibility index (Phi) is 3.76. The minimum Gasteiger partial charge on any atom is -0.478 e. The Bertz CT molecular complexity index is 608. The van der Waals surface area contributed by atoms with Crippen LogP contribution >= 0.6 is 11.6 Å². The number of nitrogens with zero attached hydrogens (tertiary/aromatic N) is 1. The van der Waals surface area contributed by atoms with E-state index in [1.165, 1.54) is 0 Å². The number of carboxylic acids is 1. The zero-order chi connectivity index (χ0) is 14.0. The highest BCUT2D eigenvalue weighted by atomic mass is 35.5. The van der Waals surface area contributed by atoms with Gasteiger partial charge in [-0.3, -0.25) is 0 Å². The molecule has 2 aromatic rings. The van der Waals surface area contributed by atoms with Crippen molar-refractivity contribution in [2.24, 2.45) is 0 Å². The summed E-state index contributed by atoms with van der Waals surface area (Å²) >= 11 is 5.97. The zero-order valence-corrected chi connectivity index (χ0v) is 11.5. The predicted molar refractivity (Wildman–Crippen MR) is 77.7 cm³/mol. The van der Waals surface area contributed by atoms with Gasteiger partial charge in [0.25, 0.3) is 0 Å². The summed E-state index contributed by atoms with van der Waals surface area (Å²) < 4.78 is 0. The van der Waals surface area contributed by atoms with E-state index in [-0.39, 0.29) is 10.6 Å². The third-order valence-corrected chi connectivity index (χ3v) is 3.30. The molecule has 3 nitrogen and oxygen atoms in total. The lowest BCUT2D eigenvalue weighted by Gasteiger charge is -2.22. The van der Waals surface area contributed by atoms with Crippen molar-refractivity contribution in [3.8, 4) is 0 Å². The first-order valence-electron chi connectivity index (χ1n) is 5.83. The van der Waals surface area contributed by atoms with E-state index in [0.717, 1.165) is 11.3 Å². The highest BCUT2D eigenvalue weighted by molar-refractivity contribution is 6.34. The molecule has 98 valence electrons. The first-order chi connectivity index (χ1) is 9.00. The van der Waals surface area contributed by atoms with Gasteiger partial charge in [-0.15, -0.1) is 0 Å². The monoisotopic (exact) mass is 275 g/mol. The van der Waals surface area contributed by atoms with E-state index >= 15 is 0 Å². The van der Waals surface area contributed by atoms with E-state index in [1.807, 2.05) is 43.1 Å². The molecule has 0 unspecified atom stereocenters. The van der Waals surface area contributed by atoms with Gasteiger partial charge in [-0.05, 0) is 31.2 Å². The Morgan fingerprint density at radius 2 is 1.79 bits per heavy atom. The average Bonchev–Trinajstić information content (AvgIpc) is 2.38. The van der Waals surface area contributed by atoms with E-state index in [0.29, 0.717) is 5.69 Å². The molecule has 0 atom stereocenters. The molecule has 4 heteroatoms. The van der Waals surface area contributed by atoms with Gasteiger partial charge in [0.1, 0.15) is 5.56 Å². The standard InChI is InChI=1S/C15H14ClNO2/c1-10-6-8-11(9-7-10)17(2)13-5-3-4-12(16)14(13)15(18)19/h3-9H,1-2H3,(H,18,19). The van der Waals surface area contributed by atoms with Gasteiger partial charge in [-0.25, -0.2) is 4.79 Å². The Balaban J connectivity index is 2.49. The number of benzene rings is 2. The number of anilines is 2. The zero-order valence-electron chi connectivity index (χ0n) is 10.7. The van der Waals surface area contributed by atoms with E-state index in [1.54, 1.807) is 18.2 Å². The molecule has 0 saturated heterocycles. The van der Waals surface area contributed by atoms with Crippen LogP contribution in [-0.4, -0.2) is 18.1 Å². The van der Waals surface area contributed by atoms with Crippen LogP contribution < -0.4 is 4.90 Å². The van der Waals surface area contributed by atoms with Crippen LogP contribution in [0.25, 0.3) is 0 Å². The Morgan fingerprint density at radius 1 is 1.16 bits per heavy atom. The summed E-state index contributed by atoms with van der Waals surface area (Å²) in [7, 11) is 1.82. The third-order valence-electron chi connectivity index (χ3n) is 2.99. The molecule has 0 saturated carbocycles. The minimum absolute atomic E-state index is 0.118. The van der Waals surface area contributed by atoms with Crippen molar-refractivity contribution in [3.63, 3.8) is 0 Å². The maximum absolute atomic E-state index is 11.3. The fourth-order valence-corrected chi connectivity index (χ4v) is 2.16. The van der Waals surface area contributed by atoms with Gasteiger partial charge in [0.05, 0.1) is 10.7 Å². The molecule has 0 radical (unpaired) electrons. The fraction of sp³-hybridized carbons (Fsp3) is 0.133. The molecule has 0 fully saturated rings. The first kappa shape index (κ1) is 13.4. The van der Waals surface area contributed by atoms with E-state index in [4.69, 9.17) is 11.6 Å². The SMILES string of the molecule is Cc1ccc(N(C)c2cccc(Cl)c2C(=O)O)cc1. The van der Waals surface area contributed by atoms with Crippen LogP contribution in [0.2, 0.25) is 5.02 Å². The second-order valence-electron chi connectivity index (χ2n) is 4.33. The molecule has 0 aromatic heterocycles. The normalized spacial score (nSPS) is 10.3. The number of halogens is 1. The molecule has 0 amide bonds. The number of hydrogen-bond donors (Lipinski definition) is 1.